The van der Waals surface area contributed by atoms with E-state index in [2.05, 4.69) is 0 Å². The Bertz CT molecular complexity index is 2990. The van der Waals surface area contributed by atoms with E-state index in [0.717, 1.165) is 27.8 Å². The highest BCUT2D eigenvalue weighted by Gasteiger charge is 2.51. The van der Waals surface area contributed by atoms with Gasteiger partial charge in [0.15, 0.2) is 23.1 Å². The van der Waals surface area contributed by atoms with Crippen molar-refractivity contribution in [2.24, 2.45) is 0 Å². The van der Waals surface area contributed by atoms with Gasteiger partial charge >= 0.3 is 5.97 Å². The number of ether oxygens (including phenoxy) is 10. The van der Waals surface area contributed by atoms with E-state index in [0.29, 0.717) is 0 Å². The quantitative estimate of drug-likeness (QED) is 0.0631. The monoisotopic (exact) mass is 984 g/mol. The molecule has 13 nitrogen and oxygen atoms in total. The van der Waals surface area contributed by atoms with Crippen molar-refractivity contribution < 1.29 is 61.8 Å². The van der Waals surface area contributed by atoms with Gasteiger partial charge in [-0.2, -0.15) is 0 Å². The predicted octanol–water partition coefficient (Wildman–Crippen LogP) is 10.2. The van der Waals surface area contributed by atoms with Crippen LogP contribution < -0.4 is 18.9 Å². The Kier molecular flexibility index (Phi) is 16.3. The average Bonchev–Trinajstić information content (AvgIpc) is 3.43. The summed E-state index contributed by atoms with van der Waals surface area (Å²) < 4.78 is 64.3. The number of benzene rings is 7. The summed E-state index contributed by atoms with van der Waals surface area (Å²) in [4.78, 5) is 43.8. The van der Waals surface area contributed by atoms with Crippen molar-refractivity contribution in [2.45, 2.75) is 70.7 Å². The van der Waals surface area contributed by atoms with E-state index in [1.807, 2.05) is 152 Å². The van der Waals surface area contributed by atoms with E-state index in [1.165, 1.54) is 33.5 Å². The zero-order valence-electron chi connectivity index (χ0n) is 41.0. The first-order chi connectivity index (χ1) is 35.8. The Morgan fingerprint density at radius 3 is 1.48 bits per heavy atom. The number of methoxy groups -OCH3 is 3. The van der Waals surface area contributed by atoms with E-state index >= 15 is 4.79 Å². The molecule has 0 N–H and O–H groups in total. The molecule has 9 rings (SSSR count). The minimum atomic E-state index is -1.28. The number of rotatable bonds is 21. The van der Waals surface area contributed by atoms with Crippen LogP contribution in [0.15, 0.2) is 164 Å². The minimum absolute atomic E-state index is 0.000219. The van der Waals surface area contributed by atoms with E-state index in [-0.39, 0.29) is 96.0 Å². The second-order valence-corrected chi connectivity index (χ2v) is 17.5. The van der Waals surface area contributed by atoms with Crippen LogP contribution in [-0.2, 0) is 61.5 Å². The Morgan fingerprint density at radius 2 is 0.973 bits per heavy atom. The molecule has 374 valence electrons. The van der Waals surface area contributed by atoms with Gasteiger partial charge in [0.25, 0.3) is 0 Å². The molecule has 5 atom stereocenters. The van der Waals surface area contributed by atoms with Gasteiger partial charge in [-0.05, 0) is 46.4 Å². The van der Waals surface area contributed by atoms with E-state index in [4.69, 9.17) is 47.4 Å². The maximum absolute atomic E-state index is 15.2. The summed E-state index contributed by atoms with van der Waals surface area (Å²) in [6.45, 7) is 2.43. The van der Waals surface area contributed by atoms with Crippen LogP contribution in [0, 0.1) is 6.92 Å². The normalized spacial score (nSPS) is 18.1. The Balaban J connectivity index is 1.12. The van der Waals surface area contributed by atoms with Crippen molar-refractivity contribution in [1.82, 2.24) is 0 Å². The van der Waals surface area contributed by atoms with Crippen LogP contribution in [0.5, 0.6) is 23.0 Å². The molecule has 1 heterocycles. The minimum Gasteiger partial charge on any atom is -0.496 e. The summed E-state index contributed by atoms with van der Waals surface area (Å²) in [6.07, 6.45) is -4.71. The van der Waals surface area contributed by atoms with Crippen LogP contribution in [0.2, 0.25) is 0 Å². The topological polar surface area (TPSA) is 144 Å². The molecule has 1 aliphatic carbocycles. The summed E-state index contributed by atoms with van der Waals surface area (Å²) in [5, 5.41) is 0. The lowest BCUT2D eigenvalue weighted by Gasteiger charge is -2.46. The van der Waals surface area contributed by atoms with E-state index in [1.54, 1.807) is 6.92 Å². The molecule has 0 saturated carbocycles. The van der Waals surface area contributed by atoms with Crippen molar-refractivity contribution in [3.8, 4) is 23.0 Å². The molecule has 0 amide bonds. The summed E-state index contributed by atoms with van der Waals surface area (Å²) in [7, 11) is 4.15. The highest BCUT2D eigenvalue weighted by Crippen LogP contribution is 2.47. The first-order valence-electron chi connectivity index (χ1n) is 24.0. The summed E-state index contributed by atoms with van der Waals surface area (Å²) >= 11 is 0. The molecule has 73 heavy (non-hydrogen) atoms. The van der Waals surface area contributed by atoms with Gasteiger partial charge in [-0.25, -0.2) is 4.79 Å². The number of hydrogen-bond acceptors (Lipinski definition) is 13. The molecule has 0 aromatic heterocycles. The van der Waals surface area contributed by atoms with E-state index < -0.39 is 48.2 Å². The van der Waals surface area contributed by atoms with Crippen LogP contribution in [0.4, 0.5) is 0 Å². The Morgan fingerprint density at radius 1 is 0.493 bits per heavy atom. The van der Waals surface area contributed by atoms with Gasteiger partial charge < -0.3 is 47.4 Å². The van der Waals surface area contributed by atoms with Crippen LogP contribution in [-0.4, -0.2) is 76.2 Å². The van der Waals surface area contributed by atoms with Crippen molar-refractivity contribution >= 4 is 17.5 Å². The molecule has 0 bridgehead atoms. The van der Waals surface area contributed by atoms with E-state index in [9.17, 15) is 9.59 Å². The molecule has 0 unspecified atom stereocenters. The van der Waals surface area contributed by atoms with Gasteiger partial charge in [-0.1, -0.05) is 152 Å². The first-order valence-corrected chi connectivity index (χ1v) is 24.0. The number of carbonyl (C=O) groups is 3. The number of fused-ring (bicyclic) bond motifs is 2. The van der Waals surface area contributed by atoms with Gasteiger partial charge in [0.2, 0.25) is 6.29 Å². The zero-order chi connectivity index (χ0) is 50.7. The van der Waals surface area contributed by atoms with Crippen LogP contribution >= 0.6 is 0 Å². The van der Waals surface area contributed by atoms with Gasteiger partial charge in [0.05, 0.1) is 65.5 Å². The molecule has 1 fully saturated rings. The zero-order valence-corrected chi connectivity index (χ0v) is 41.0. The molecule has 13 heteroatoms. The molecule has 1 aliphatic heterocycles. The summed E-state index contributed by atoms with van der Waals surface area (Å²) in [5.41, 5.74) is 4.45. The molecular formula is C60H56O13. The number of carbonyl (C=O) groups excluding carboxylic acids is 3. The molecule has 0 spiro atoms. The maximum Gasteiger partial charge on any atom is 0.342 e. The lowest BCUT2D eigenvalue weighted by molar-refractivity contribution is -0.310. The fraction of sp³-hybridized carbons (Fsp3) is 0.250. The van der Waals surface area contributed by atoms with Crippen LogP contribution in [0.3, 0.4) is 0 Å². The van der Waals surface area contributed by atoms with Crippen molar-refractivity contribution in [2.75, 3.05) is 27.9 Å². The molecule has 7 aromatic rings. The summed E-state index contributed by atoms with van der Waals surface area (Å²) in [5.74, 6) is -1.88. The Labute approximate surface area is 424 Å². The third-order valence-electron chi connectivity index (χ3n) is 12.8. The highest BCUT2D eigenvalue weighted by atomic mass is 16.7. The number of esters is 1. The largest absolute Gasteiger partial charge is 0.496 e. The average molecular weight is 985 g/mol. The van der Waals surface area contributed by atoms with Gasteiger partial charge in [-0.3, -0.25) is 9.59 Å². The standard InChI is InChI=1S/C60H56O13/c1-38-49-44(30-45(64-2)50(38)59(63)71-36-43-28-18-9-19-29-43)53(61)51-46(65-3)31-47(55(66-4)52(51)54(49)62)72-60-58(70-35-42-26-16-8-17-27-42)57(69-34-41-24-14-7-15-25-41)56(68-33-40-22-12-6-13-23-40)48(73-60)37-67-32-39-20-10-5-11-21-39/h5-31,48,56-58,60H,32-37H2,1-4H3/t48-,56-,57+,58-,60-/m1/s1. The fourth-order valence-electron chi connectivity index (χ4n) is 9.21. The predicted molar refractivity (Wildman–Crippen MR) is 270 cm³/mol. The SMILES string of the molecule is COc1cc2c(c(C)c1C(=O)OCc1ccccc1)C(=O)c1c(OC)c(O[C@@H]3O[C@H](COCc4ccccc4)[C@@H](OCc4ccccc4)[C@H](OCc4ccccc4)[C@H]3OCc3ccccc3)cc(OC)c1C2=O. The van der Waals surface area contributed by atoms with Crippen molar-refractivity contribution in [1.29, 1.82) is 0 Å². The maximum atomic E-state index is 15.2. The van der Waals surface area contributed by atoms with Crippen LogP contribution in [0.1, 0.15) is 75.6 Å². The summed E-state index contributed by atoms with van der Waals surface area (Å²) in [6, 6.07) is 51.1. The van der Waals surface area contributed by atoms with Crippen molar-refractivity contribution in [3.63, 3.8) is 0 Å². The lowest BCUT2D eigenvalue weighted by atomic mass is 9.79. The molecule has 0 radical (unpaired) electrons. The first kappa shape index (κ1) is 50.3. The molecule has 1 saturated heterocycles. The van der Waals surface area contributed by atoms with Gasteiger partial charge in [-0.15, -0.1) is 0 Å². The molecule has 2 aliphatic rings. The lowest BCUT2D eigenvalue weighted by Crippen LogP contribution is -2.62. The van der Waals surface area contributed by atoms with Gasteiger partial charge in [0, 0.05) is 17.2 Å². The second-order valence-electron chi connectivity index (χ2n) is 17.5. The fourth-order valence-corrected chi connectivity index (χ4v) is 9.21. The molecule has 7 aromatic carbocycles. The smallest absolute Gasteiger partial charge is 0.342 e. The van der Waals surface area contributed by atoms with Gasteiger partial charge in [0.1, 0.15) is 48.1 Å². The third kappa shape index (κ3) is 11.4. The molecular weight excluding hydrogens is 929 g/mol. The Hall–Kier alpha value is -7.65. The second kappa shape index (κ2) is 23.7. The number of ketones is 2. The third-order valence-corrected chi connectivity index (χ3v) is 12.8. The highest BCUT2D eigenvalue weighted by molar-refractivity contribution is 6.31. The van der Waals surface area contributed by atoms with Crippen molar-refractivity contribution in [3.05, 3.63) is 225 Å². The number of hydrogen-bond donors (Lipinski definition) is 0. The van der Waals surface area contributed by atoms with Crippen LogP contribution in [0.25, 0.3) is 0 Å².